The van der Waals surface area contributed by atoms with Gasteiger partial charge in [-0.2, -0.15) is 0 Å². The van der Waals surface area contributed by atoms with Gasteiger partial charge in [0.2, 0.25) is 0 Å². The molecule has 0 radical (unpaired) electrons. The number of carbonyl (C=O) groups is 1. The second-order valence-electron chi connectivity index (χ2n) is 7.63. The first-order chi connectivity index (χ1) is 15.6. The quantitative estimate of drug-likeness (QED) is 0.476. The molecular weight excluding hydrogens is 400 g/mol. The molecule has 4 rings (SSSR count). The Hall–Kier alpha value is -4.19. The SMILES string of the molecule is Nc1ccc(CNC(=O)c2cccc(Cc3ccc(Cn4ccccc4=O)cc3)c2)cn1. The molecule has 2 aromatic heterocycles. The Morgan fingerprint density at radius 1 is 0.875 bits per heavy atom. The fourth-order valence-electron chi connectivity index (χ4n) is 3.43. The average Bonchev–Trinajstić information content (AvgIpc) is 2.81. The topological polar surface area (TPSA) is 90.0 Å². The van der Waals surface area contributed by atoms with Gasteiger partial charge in [0.25, 0.3) is 11.5 Å². The van der Waals surface area contributed by atoms with Crippen LogP contribution in [0.5, 0.6) is 0 Å². The monoisotopic (exact) mass is 424 g/mol. The minimum atomic E-state index is -0.132. The van der Waals surface area contributed by atoms with Gasteiger partial charge in [-0.05, 0) is 52.9 Å². The van der Waals surface area contributed by atoms with Gasteiger partial charge in [-0.15, -0.1) is 0 Å². The largest absolute Gasteiger partial charge is 0.384 e. The van der Waals surface area contributed by atoms with Gasteiger partial charge < -0.3 is 15.6 Å². The lowest BCUT2D eigenvalue weighted by atomic mass is 10.0. The molecule has 0 aliphatic heterocycles. The predicted molar refractivity (Wildman–Crippen MR) is 125 cm³/mol. The van der Waals surface area contributed by atoms with Crippen LogP contribution in [-0.2, 0) is 19.5 Å². The number of nitrogens with one attached hydrogen (secondary N) is 1. The molecule has 0 aliphatic rings. The van der Waals surface area contributed by atoms with E-state index in [0.29, 0.717) is 30.9 Å². The fourth-order valence-corrected chi connectivity index (χ4v) is 3.43. The summed E-state index contributed by atoms with van der Waals surface area (Å²) in [6, 6.07) is 24.5. The molecule has 0 bridgehead atoms. The molecule has 0 aliphatic carbocycles. The van der Waals surface area contributed by atoms with Crippen LogP contribution < -0.4 is 16.6 Å². The van der Waals surface area contributed by atoms with Crippen molar-refractivity contribution in [2.24, 2.45) is 0 Å². The maximum absolute atomic E-state index is 12.6. The van der Waals surface area contributed by atoms with Gasteiger partial charge in [0.05, 0.1) is 6.54 Å². The minimum Gasteiger partial charge on any atom is -0.384 e. The molecule has 3 N–H and O–H groups in total. The van der Waals surface area contributed by atoms with Crippen molar-refractivity contribution < 1.29 is 4.79 Å². The molecule has 0 spiro atoms. The maximum atomic E-state index is 12.6. The van der Waals surface area contributed by atoms with E-state index in [1.54, 1.807) is 41.2 Å². The zero-order valence-corrected chi connectivity index (χ0v) is 17.6. The smallest absolute Gasteiger partial charge is 0.251 e. The highest BCUT2D eigenvalue weighted by molar-refractivity contribution is 5.94. The van der Waals surface area contributed by atoms with E-state index in [1.807, 2.05) is 42.5 Å². The lowest BCUT2D eigenvalue weighted by molar-refractivity contribution is 0.0951. The first-order valence-corrected chi connectivity index (χ1v) is 10.4. The predicted octanol–water partition coefficient (Wildman–Crippen LogP) is 3.39. The van der Waals surface area contributed by atoms with Crippen molar-refractivity contribution in [1.29, 1.82) is 0 Å². The molecule has 6 nitrogen and oxygen atoms in total. The van der Waals surface area contributed by atoms with Crippen molar-refractivity contribution in [3.8, 4) is 0 Å². The molecule has 2 aromatic carbocycles. The summed E-state index contributed by atoms with van der Waals surface area (Å²) in [5.74, 6) is 0.321. The van der Waals surface area contributed by atoms with Crippen LogP contribution in [0.15, 0.2) is 96.1 Å². The molecule has 160 valence electrons. The van der Waals surface area contributed by atoms with Crippen LogP contribution in [0, 0.1) is 0 Å². The van der Waals surface area contributed by atoms with Crippen LogP contribution in [0.4, 0.5) is 5.82 Å². The third-order valence-corrected chi connectivity index (χ3v) is 5.17. The highest BCUT2D eigenvalue weighted by Gasteiger charge is 2.07. The molecular formula is C26H24N4O2. The molecule has 0 unspecified atom stereocenters. The number of pyridine rings is 2. The lowest BCUT2D eigenvalue weighted by Gasteiger charge is -2.09. The highest BCUT2D eigenvalue weighted by atomic mass is 16.1. The molecule has 4 aromatic rings. The zero-order chi connectivity index (χ0) is 22.3. The molecule has 32 heavy (non-hydrogen) atoms. The summed E-state index contributed by atoms with van der Waals surface area (Å²) in [7, 11) is 0. The van der Waals surface area contributed by atoms with Gasteiger partial charge in [-0.3, -0.25) is 9.59 Å². The number of benzene rings is 2. The number of anilines is 1. The number of hydrogen-bond donors (Lipinski definition) is 2. The Labute approximate surface area is 186 Å². The first-order valence-electron chi connectivity index (χ1n) is 10.4. The summed E-state index contributed by atoms with van der Waals surface area (Å²) in [5, 5.41) is 2.91. The van der Waals surface area contributed by atoms with Crippen molar-refractivity contribution in [3.05, 3.63) is 129 Å². The highest BCUT2D eigenvalue weighted by Crippen LogP contribution is 2.14. The second-order valence-corrected chi connectivity index (χ2v) is 7.63. The Kier molecular flexibility index (Phi) is 6.41. The summed E-state index contributed by atoms with van der Waals surface area (Å²) in [6.07, 6.45) is 4.16. The number of hydrogen-bond acceptors (Lipinski definition) is 4. The van der Waals surface area contributed by atoms with Gasteiger partial charge >= 0.3 is 0 Å². The van der Waals surface area contributed by atoms with E-state index >= 15 is 0 Å². The van der Waals surface area contributed by atoms with Crippen molar-refractivity contribution in [3.63, 3.8) is 0 Å². The van der Waals surface area contributed by atoms with E-state index < -0.39 is 0 Å². The van der Waals surface area contributed by atoms with E-state index in [4.69, 9.17) is 5.73 Å². The number of nitrogen functional groups attached to an aromatic ring is 1. The Bertz CT molecular complexity index is 1260. The number of carbonyl (C=O) groups excluding carboxylic acids is 1. The number of nitrogens with two attached hydrogens (primary N) is 1. The Morgan fingerprint density at radius 2 is 1.66 bits per heavy atom. The molecule has 1 amide bonds. The average molecular weight is 425 g/mol. The van der Waals surface area contributed by atoms with E-state index in [9.17, 15) is 9.59 Å². The fraction of sp³-hybridized carbons (Fsp3) is 0.115. The van der Waals surface area contributed by atoms with Crippen molar-refractivity contribution in [2.75, 3.05) is 5.73 Å². The summed E-state index contributed by atoms with van der Waals surface area (Å²) >= 11 is 0. The van der Waals surface area contributed by atoms with Gasteiger partial charge in [0.15, 0.2) is 0 Å². The van der Waals surface area contributed by atoms with Crippen LogP contribution in [0.25, 0.3) is 0 Å². The second kappa shape index (κ2) is 9.75. The van der Waals surface area contributed by atoms with Crippen LogP contribution in [-0.4, -0.2) is 15.5 Å². The third kappa shape index (κ3) is 5.49. The lowest BCUT2D eigenvalue weighted by Crippen LogP contribution is -2.23. The normalized spacial score (nSPS) is 10.6. The van der Waals surface area contributed by atoms with Crippen LogP contribution >= 0.6 is 0 Å². The number of nitrogens with zero attached hydrogens (tertiary/aromatic N) is 2. The van der Waals surface area contributed by atoms with Crippen LogP contribution in [0.1, 0.15) is 32.6 Å². The summed E-state index contributed by atoms with van der Waals surface area (Å²) in [5.41, 5.74) is 10.3. The van der Waals surface area contributed by atoms with Crippen molar-refractivity contribution in [2.45, 2.75) is 19.5 Å². The summed E-state index contributed by atoms with van der Waals surface area (Å²) in [4.78, 5) is 28.5. The minimum absolute atomic E-state index is 0.0145. The standard InChI is InChI=1S/C26H24N4O2/c27-24-12-11-22(16-28-24)17-29-26(32)23-5-3-4-21(15-23)14-19-7-9-20(10-8-19)18-30-13-2-1-6-25(30)31/h1-13,15-16H,14,17-18H2,(H2,27,28)(H,29,32). The molecule has 0 saturated heterocycles. The van der Waals surface area contributed by atoms with E-state index in [2.05, 4.69) is 22.4 Å². The van der Waals surface area contributed by atoms with Gasteiger partial charge in [0.1, 0.15) is 5.82 Å². The van der Waals surface area contributed by atoms with Gasteiger partial charge in [-0.25, -0.2) is 4.98 Å². The number of aromatic nitrogens is 2. The van der Waals surface area contributed by atoms with E-state index in [-0.39, 0.29) is 11.5 Å². The Balaban J connectivity index is 1.38. The van der Waals surface area contributed by atoms with E-state index in [0.717, 1.165) is 22.3 Å². The molecule has 0 saturated carbocycles. The summed E-state index contributed by atoms with van der Waals surface area (Å²) < 4.78 is 1.68. The third-order valence-electron chi connectivity index (χ3n) is 5.17. The molecule has 0 atom stereocenters. The maximum Gasteiger partial charge on any atom is 0.251 e. The summed E-state index contributed by atoms with van der Waals surface area (Å²) in [6.45, 7) is 0.932. The Morgan fingerprint density at radius 3 is 2.41 bits per heavy atom. The number of amides is 1. The molecule has 2 heterocycles. The zero-order valence-electron chi connectivity index (χ0n) is 17.6. The van der Waals surface area contributed by atoms with E-state index in [1.165, 1.54) is 0 Å². The molecule has 0 fully saturated rings. The molecule has 6 heteroatoms. The van der Waals surface area contributed by atoms with Gasteiger partial charge in [0, 0.05) is 30.6 Å². The van der Waals surface area contributed by atoms with Crippen molar-refractivity contribution >= 4 is 11.7 Å². The van der Waals surface area contributed by atoms with Crippen LogP contribution in [0.2, 0.25) is 0 Å². The number of rotatable bonds is 7. The first kappa shape index (κ1) is 21.1. The van der Waals surface area contributed by atoms with Gasteiger partial charge in [-0.1, -0.05) is 48.5 Å². The van der Waals surface area contributed by atoms with Crippen LogP contribution in [0.3, 0.4) is 0 Å². The van der Waals surface area contributed by atoms with Crippen molar-refractivity contribution in [1.82, 2.24) is 14.9 Å².